The zero-order valence-electron chi connectivity index (χ0n) is 13.8. The Morgan fingerprint density at radius 2 is 2.35 bits per heavy atom. The smallest absolute Gasteiger partial charge is 0.128 e. The van der Waals surface area contributed by atoms with Crippen molar-refractivity contribution in [2.75, 3.05) is 38.7 Å². The SMILES string of the molecule is CN(C)c1cc(CC[C@H]2CN(Cc3cncs3)CCO2)ccn1. The van der Waals surface area contributed by atoms with E-state index in [0.29, 0.717) is 6.10 Å². The van der Waals surface area contributed by atoms with Crippen molar-refractivity contribution in [1.29, 1.82) is 0 Å². The van der Waals surface area contributed by atoms with Gasteiger partial charge in [-0.1, -0.05) is 0 Å². The number of thiazole rings is 1. The Labute approximate surface area is 141 Å². The molecule has 0 saturated carbocycles. The molecule has 1 aliphatic heterocycles. The van der Waals surface area contributed by atoms with Crippen LogP contribution in [-0.2, 0) is 17.7 Å². The molecule has 1 saturated heterocycles. The van der Waals surface area contributed by atoms with Crippen molar-refractivity contribution < 1.29 is 4.74 Å². The van der Waals surface area contributed by atoms with Crippen molar-refractivity contribution >= 4 is 17.2 Å². The molecule has 0 unspecified atom stereocenters. The number of rotatable bonds is 6. The highest BCUT2D eigenvalue weighted by Gasteiger charge is 2.20. The van der Waals surface area contributed by atoms with Crippen LogP contribution in [0.1, 0.15) is 16.9 Å². The normalized spacial score (nSPS) is 19.0. The molecule has 3 rings (SSSR count). The molecule has 0 aliphatic carbocycles. The van der Waals surface area contributed by atoms with Crippen LogP contribution in [0.15, 0.2) is 30.0 Å². The van der Waals surface area contributed by atoms with E-state index in [1.54, 1.807) is 11.3 Å². The minimum absolute atomic E-state index is 0.313. The fourth-order valence-electron chi connectivity index (χ4n) is 2.83. The van der Waals surface area contributed by atoms with Gasteiger partial charge >= 0.3 is 0 Å². The molecule has 0 N–H and O–H groups in total. The van der Waals surface area contributed by atoms with Crippen molar-refractivity contribution in [3.05, 3.63) is 40.5 Å². The van der Waals surface area contributed by atoms with E-state index < -0.39 is 0 Å². The molecule has 0 amide bonds. The van der Waals surface area contributed by atoms with Gasteiger partial charge in [-0.05, 0) is 30.5 Å². The molecule has 124 valence electrons. The van der Waals surface area contributed by atoms with E-state index >= 15 is 0 Å². The number of aromatic nitrogens is 2. The van der Waals surface area contributed by atoms with Crippen LogP contribution in [0.5, 0.6) is 0 Å². The Balaban J connectivity index is 1.50. The predicted octanol–water partition coefficient (Wildman–Crippen LogP) is 2.44. The fourth-order valence-corrected chi connectivity index (χ4v) is 3.46. The molecule has 0 bridgehead atoms. The second-order valence-corrected chi connectivity index (χ2v) is 7.12. The third-order valence-electron chi connectivity index (χ3n) is 4.11. The molecule has 3 heterocycles. The van der Waals surface area contributed by atoms with Crippen LogP contribution in [0.3, 0.4) is 0 Å². The molecule has 0 spiro atoms. The van der Waals surface area contributed by atoms with Gasteiger partial charge in [0.2, 0.25) is 0 Å². The van der Waals surface area contributed by atoms with Gasteiger partial charge in [0.05, 0.1) is 18.2 Å². The van der Waals surface area contributed by atoms with Crippen LogP contribution in [0, 0.1) is 0 Å². The van der Waals surface area contributed by atoms with Gasteiger partial charge in [0.1, 0.15) is 5.82 Å². The Hall–Kier alpha value is -1.50. The van der Waals surface area contributed by atoms with Gasteiger partial charge in [0, 0.05) is 51.0 Å². The molecule has 1 atom stereocenters. The number of ether oxygens (including phenoxy) is 1. The quantitative estimate of drug-likeness (QED) is 0.813. The molecular weight excluding hydrogens is 308 g/mol. The lowest BCUT2D eigenvalue weighted by Crippen LogP contribution is -2.41. The van der Waals surface area contributed by atoms with Crippen molar-refractivity contribution in [2.45, 2.75) is 25.5 Å². The van der Waals surface area contributed by atoms with Crippen LogP contribution < -0.4 is 4.90 Å². The molecule has 0 radical (unpaired) electrons. The maximum absolute atomic E-state index is 5.95. The van der Waals surface area contributed by atoms with E-state index in [2.05, 4.69) is 27.0 Å². The topological polar surface area (TPSA) is 41.5 Å². The highest BCUT2D eigenvalue weighted by molar-refractivity contribution is 7.09. The molecule has 1 aliphatic rings. The first kappa shape index (κ1) is 16.4. The monoisotopic (exact) mass is 332 g/mol. The Morgan fingerprint density at radius 3 is 3.13 bits per heavy atom. The maximum atomic E-state index is 5.95. The number of morpholine rings is 1. The van der Waals surface area contributed by atoms with Crippen LogP contribution in [0.25, 0.3) is 0 Å². The zero-order valence-corrected chi connectivity index (χ0v) is 14.6. The Kier molecular flexibility index (Phi) is 5.59. The standard InChI is InChI=1S/C17H24N4OS/c1-20(2)17-9-14(5-6-19-17)3-4-15-11-21(7-8-22-15)12-16-10-18-13-23-16/h5-6,9-10,13,15H,3-4,7-8,11-12H2,1-2H3/t15-/m0/s1. The summed E-state index contributed by atoms with van der Waals surface area (Å²) in [5.74, 6) is 1.01. The molecule has 2 aromatic rings. The lowest BCUT2D eigenvalue weighted by Gasteiger charge is -2.32. The second-order valence-electron chi connectivity index (χ2n) is 6.15. The van der Waals surface area contributed by atoms with E-state index in [9.17, 15) is 0 Å². The van der Waals surface area contributed by atoms with Crippen molar-refractivity contribution in [2.24, 2.45) is 0 Å². The van der Waals surface area contributed by atoms with E-state index in [0.717, 1.165) is 44.9 Å². The summed E-state index contributed by atoms with van der Waals surface area (Å²) in [4.78, 5) is 14.4. The number of aryl methyl sites for hydroxylation is 1. The van der Waals surface area contributed by atoms with E-state index in [4.69, 9.17) is 4.74 Å². The minimum atomic E-state index is 0.313. The largest absolute Gasteiger partial charge is 0.376 e. The third kappa shape index (κ3) is 4.73. The predicted molar refractivity (Wildman–Crippen MR) is 94.0 cm³/mol. The molecule has 1 fully saturated rings. The summed E-state index contributed by atoms with van der Waals surface area (Å²) in [6.07, 6.45) is 6.25. The van der Waals surface area contributed by atoms with Gasteiger partial charge in [-0.3, -0.25) is 9.88 Å². The minimum Gasteiger partial charge on any atom is -0.376 e. The zero-order chi connectivity index (χ0) is 16.1. The van der Waals surface area contributed by atoms with Crippen LogP contribution in [0.4, 0.5) is 5.82 Å². The van der Waals surface area contributed by atoms with Gasteiger partial charge < -0.3 is 9.64 Å². The first-order valence-corrected chi connectivity index (χ1v) is 8.92. The molecule has 5 nitrogen and oxygen atoms in total. The lowest BCUT2D eigenvalue weighted by molar-refractivity contribution is -0.0342. The van der Waals surface area contributed by atoms with Gasteiger partial charge in [-0.25, -0.2) is 4.98 Å². The van der Waals surface area contributed by atoms with E-state index in [-0.39, 0.29) is 0 Å². The van der Waals surface area contributed by atoms with Crippen molar-refractivity contribution in [3.63, 3.8) is 0 Å². The summed E-state index contributed by atoms with van der Waals surface area (Å²) >= 11 is 1.73. The second kappa shape index (κ2) is 7.86. The number of hydrogen-bond donors (Lipinski definition) is 0. The van der Waals surface area contributed by atoms with E-state index in [1.807, 2.05) is 36.9 Å². The summed E-state index contributed by atoms with van der Waals surface area (Å²) in [5.41, 5.74) is 3.23. The molecule has 2 aromatic heterocycles. The third-order valence-corrected chi connectivity index (χ3v) is 4.87. The van der Waals surface area contributed by atoms with Gasteiger partial charge in [0.25, 0.3) is 0 Å². The van der Waals surface area contributed by atoms with Crippen LogP contribution in [-0.4, -0.2) is 54.8 Å². The number of nitrogens with zero attached hydrogens (tertiary/aromatic N) is 4. The summed E-state index contributed by atoms with van der Waals surface area (Å²) in [7, 11) is 4.04. The number of hydrogen-bond acceptors (Lipinski definition) is 6. The first-order chi connectivity index (χ1) is 11.2. The average Bonchev–Trinajstić information content (AvgIpc) is 3.06. The highest BCUT2D eigenvalue weighted by Crippen LogP contribution is 2.17. The molecule has 23 heavy (non-hydrogen) atoms. The van der Waals surface area contributed by atoms with Crippen LogP contribution >= 0.6 is 11.3 Å². The molecular formula is C17H24N4OS. The Bertz CT molecular complexity index is 602. The van der Waals surface area contributed by atoms with Gasteiger partial charge in [0.15, 0.2) is 0 Å². The van der Waals surface area contributed by atoms with Gasteiger partial charge in [-0.15, -0.1) is 11.3 Å². The summed E-state index contributed by atoms with van der Waals surface area (Å²) < 4.78 is 5.95. The summed E-state index contributed by atoms with van der Waals surface area (Å²) in [6, 6.07) is 4.27. The summed E-state index contributed by atoms with van der Waals surface area (Å²) in [6.45, 7) is 3.82. The molecule has 6 heteroatoms. The highest BCUT2D eigenvalue weighted by atomic mass is 32.1. The first-order valence-electron chi connectivity index (χ1n) is 8.04. The van der Waals surface area contributed by atoms with E-state index in [1.165, 1.54) is 10.4 Å². The number of pyridine rings is 1. The summed E-state index contributed by atoms with van der Waals surface area (Å²) in [5, 5.41) is 0. The Morgan fingerprint density at radius 1 is 1.43 bits per heavy atom. The molecule has 0 aromatic carbocycles. The lowest BCUT2D eigenvalue weighted by atomic mass is 10.1. The van der Waals surface area contributed by atoms with Crippen molar-refractivity contribution in [3.8, 4) is 0 Å². The maximum Gasteiger partial charge on any atom is 0.128 e. The number of anilines is 1. The van der Waals surface area contributed by atoms with Gasteiger partial charge in [-0.2, -0.15) is 0 Å². The van der Waals surface area contributed by atoms with Crippen molar-refractivity contribution in [1.82, 2.24) is 14.9 Å². The van der Waals surface area contributed by atoms with Crippen LogP contribution in [0.2, 0.25) is 0 Å². The average molecular weight is 332 g/mol. The fraction of sp³-hybridized carbons (Fsp3) is 0.529.